The molecule has 0 aliphatic carbocycles. The lowest BCUT2D eigenvalue weighted by molar-refractivity contribution is -0.843. The molecule has 0 aliphatic rings. The number of aryl methyl sites for hydroxylation is 1. The minimum Gasteiger partial charge on any atom is -0.244 e. The van der Waals surface area contributed by atoms with Crippen LogP contribution in [0.2, 0.25) is 5.15 Å². The first-order valence-corrected chi connectivity index (χ1v) is 2.28. The Morgan fingerprint density at radius 2 is 2.57 bits per heavy atom. The van der Waals surface area contributed by atoms with Gasteiger partial charge in [-0.2, -0.15) is 0 Å². The minimum atomic E-state index is 0.611. The first-order valence-electron chi connectivity index (χ1n) is 1.90. The molecular weight excluding hydrogens is 114 g/mol. The highest BCUT2D eigenvalue weighted by molar-refractivity contribution is 6.28. The van der Waals surface area contributed by atoms with E-state index < -0.39 is 0 Å². The molecule has 0 amide bonds. The summed E-state index contributed by atoms with van der Waals surface area (Å²) in [5.74, 6) is 0. The molecule has 1 heterocycles. The van der Waals surface area contributed by atoms with E-state index in [1.165, 1.54) is 11.0 Å². The molecule has 0 saturated carbocycles. The van der Waals surface area contributed by atoms with Crippen molar-refractivity contribution in [2.24, 2.45) is 7.05 Å². The molecule has 2 nitrogen and oxygen atoms in total. The van der Waals surface area contributed by atoms with Crippen LogP contribution in [0.25, 0.3) is 0 Å². The van der Waals surface area contributed by atoms with Crippen LogP contribution >= 0.6 is 11.6 Å². The highest BCUT2D eigenvalue weighted by Gasteiger charge is 2.01. The molecule has 38 valence electrons. The predicted molar refractivity (Wildman–Crippen MR) is 24.9 cm³/mol. The smallest absolute Gasteiger partial charge is 0.244 e. The van der Waals surface area contributed by atoms with Crippen molar-refractivity contribution in [1.29, 1.82) is 0 Å². The Hall–Kier alpha value is -0.500. The van der Waals surface area contributed by atoms with Gasteiger partial charge in [-0.25, -0.2) is 4.52 Å². The maximum atomic E-state index is 5.49. The van der Waals surface area contributed by atoms with Gasteiger partial charge in [-0.3, -0.25) is 0 Å². The van der Waals surface area contributed by atoms with Crippen molar-refractivity contribution in [2.75, 3.05) is 0 Å². The topological polar surface area (TPSA) is 17.0 Å². The molecule has 0 N–H and O–H groups in total. The SMILES string of the molecule is C[n+]1occc1Cl. The lowest BCUT2D eigenvalue weighted by atomic mass is 10.8. The maximum absolute atomic E-state index is 5.49. The van der Waals surface area contributed by atoms with Crippen LogP contribution in [-0.2, 0) is 7.05 Å². The van der Waals surface area contributed by atoms with Gasteiger partial charge < -0.3 is 0 Å². The molecule has 1 aromatic rings. The molecular formula is C4H5ClNO+. The van der Waals surface area contributed by atoms with Gasteiger partial charge in [-0.1, -0.05) is 0 Å². The van der Waals surface area contributed by atoms with E-state index in [1.807, 2.05) is 0 Å². The minimum absolute atomic E-state index is 0.611. The molecule has 0 radical (unpaired) electrons. The summed E-state index contributed by atoms with van der Waals surface area (Å²) < 4.78 is 6.22. The molecule has 1 aromatic heterocycles. The van der Waals surface area contributed by atoms with E-state index in [2.05, 4.69) is 0 Å². The maximum Gasteiger partial charge on any atom is 0.322 e. The van der Waals surface area contributed by atoms with Gasteiger partial charge in [-0.05, 0) is 16.3 Å². The summed E-state index contributed by atoms with van der Waals surface area (Å²) in [6, 6.07) is 1.68. The van der Waals surface area contributed by atoms with E-state index in [0.717, 1.165) is 0 Å². The average molecular weight is 119 g/mol. The lowest BCUT2D eigenvalue weighted by Crippen LogP contribution is -2.24. The van der Waals surface area contributed by atoms with E-state index in [9.17, 15) is 0 Å². The molecule has 7 heavy (non-hydrogen) atoms. The number of hydrogen-bond donors (Lipinski definition) is 0. The predicted octanol–water partition coefficient (Wildman–Crippen LogP) is 0.757. The zero-order chi connectivity index (χ0) is 5.28. The van der Waals surface area contributed by atoms with Gasteiger partial charge in [0, 0.05) is 0 Å². The van der Waals surface area contributed by atoms with Crippen LogP contribution in [0, 0.1) is 0 Å². The molecule has 0 atom stereocenters. The summed E-state index contributed by atoms with van der Waals surface area (Å²) in [5.41, 5.74) is 0. The fourth-order valence-electron chi connectivity index (χ4n) is 0.333. The zero-order valence-electron chi connectivity index (χ0n) is 3.89. The fraction of sp³-hybridized carbons (Fsp3) is 0.250. The van der Waals surface area contributed by atoms with Crippen molar-refractivity contribution in [1.82, 2.24) is 0 Å². The molecule has 0 aromatic carbocycles. The molecule has 0 saturated heterocycles. The quantitative estimate of drug-likeness (QED) is 0.460. The molecule has 0 aliphatic heterocycles. The fourth-order valence-corrected chi connectivity index (χ4v) is 0.424. The molecule has 0 fully saturated rings. The molecule has 0 spiro atoms. The monoisotopic (exact) mass is 118 g/mol. The molecule has 3 heteroatoms. The van der Waals surface area contributed by atoms with Crippen LogP contribution in [0.3, 0.4) is 0 Å². The Morgan fingerprint density at radius 1 is 1.86 bits per heavy atom. The van der Waals surface area contributed by atoms with Gasteiger partial charge in [0.15, 0.2) is 13.3 Å². The second-order valence-electron chi connectivity index (χ2n) is 1.23. The second kappa shape index (κ2) is 1.54. The van der Waals surface area contributed by atoms with Crippen LogP contribution in [0.1, 0.15) is 0 Å². The van der Waals surface area contributed by atoms with Crippen molar-refractivity contribution in [3.63, 3.8) is 0 Å². The van der Waals surface area contributed by atoms with Crippen molar-refractivity contribution < 1.29 is 9.26 Å². The zero-order valence-corrected chi connectivity index (χ0v) is 4.64. The number of hydrogen-bond acceptors (Lipinski definition) is 1. The summed E-state index contributed by atoms with van der Waals surface area (Å²) in [6.07, 6.45) is 1.53. The van der Waals surface area contributed by atoms with Crippen LogP contribution in [-0.4, -0.2) is 0 Å². The van der Waals surface area contributed by atoms with E-state index in [0.29, 0.717) is 5.15 Å². The number of aromatic nitrogens is 1. The Labute approximate surface area is 46.3 Å². The molecule has 0 bridgehead atoms. The third kappa shape index (κ3) is 0.747. The van der Waals surface area contributed by atoms with Gasteiger partial charge >= 0.3 is 5.15 Å². The van der Waals surface area contributed by atoms with Crippen molar-refractivity contribution in [2.45, 2.75) is 0 Å². The Balaban J connectivity index is 3.12. The first kappa shape index (κ1) is 4.65. The van der Waals surface area contributed by atoms with Crippen molar-refractivity contribution >= 4 is 11.6 Å². The normalized spacial score (nSPS) is 9.43. The number of nitrogens with zero attached hydrogens (tertiary/aromatic N) is 1. The number of rotatable bonds is 0. The van der Waals surface area contributed by atoms with Crippen molar-refractivity contribution in [3.8, 4) is 0 Å². The molecule has 1 rings (SSSR count). The summed E-state index contributed by atoms with van der Waals surface area (Å²) in [4.78, 5) is 0. The average Bonchev–Trinajstić information content (AvgIpc) is 1.91. The molecule has 0 unspecified atom stereocenters. The van der Waals surface area contributed by atoms with Crippen LogP contribution in [0.5, 0.6) is 0 Å². The van der Waals surface area contributed by atoms with E-state index in [1.54, 1.807) is 13.1 Å². The van der Waals surface area contributed by atoms with E-state index >= 15 is 0 Å². The second-order valence-corrected chi connectivity index (χ2v) is 1.62. The summed E-state index contributed by atoms with van der Waals surface area (Å²) >= 11 is 5.49. The van der Waals surface area contributed by atoms with Crippen LogP contribution in [0.15, 0.2) is 16.9 Å². The Kier molecular flexibility index (Phi) is 1.02. The lowest BCUT2D eigenvalue weighted by Gasteiger charge is -1.68. The van der Waals surface area contributed by atoms with Gasteiger partial charge in [0.25, 0.3) is 0 Å². The summed E-state index contributed by atoms with van der Waals surface area (Å²) in [5, 5.41) is 0.611. The van der Waals surface area contributed by atoms with Gasteiger partial charge in [0.1, 0.15) is 0 Å². The number of halogens is 1. The van der Waals surface area contributed by atoms with Gasteiger partial charge in [0.2, 0.25) is 0 Å². The third-order valence-corrected chi connectivity index (χ3v) is 1.09. The highest BCUT2D eigenvalue weighted by Crippen LogP contribution is 1.96. The van der Waals surface area contributed by atoms with Gasteiger partial charge in [0.05, 0.1) is 6.07 Å². The summed E-state index contributed by atoms with van der Waals surface area (Å²) in [7, 11) is 1.74. The third-order valence-electron chi connectivity index (χ3n) is 0.725. The van der Waals surface area contributed by atoms with Crippen LogP contribution in [0.4, 0.5) is 0 Å². The highest BCUT2D eigenvalue weighted by atomic mass is 35.5. The Morgan fingerprint density at radius 3 is 2.71 bits per heavy atom. The van der Waals surface area contributed by atoms with Crippen molar-refractivity contribution in [3.05, 3.63) is 17.5 Å². The van der Waals surface area contributed by atoms with Gasteiger partial charge in [-0.15, -0.1) is 0 Å². The largest absolute Gasteiger partial charge is 0.322 e. The first-order chi connectivity index (χ1) is 3.30. The van der Waals surface area contributed by atoms with E-state index in [4.69, 9.17) is 16.1 Å². The Bertz CT molecular complexity index is 144. The van der Waals surface area contributed by atoms with Crippen LogP contribution < -0.4 is 4.74 Å². The standard InChI is InChI=1S/C4H5ClNO/c1-6-4(5)2-3-7-6/h2-3H,1H3/q+1. The van der Waals surface area contributed by atoms with E-state index in [-0.39, 0.29) is 0 Å². The summed E-state index contributed by atoms with van der Waals surface area (Å²) in [6.45, 7) is 0.